The molecule has 4 nitrogen and oxygen atoms in total. The molecule has 1 aliphatic heterocycles. The molecule has 2 N–H and O–H groups in total. The van der Waals surface area contributed by atoms with E-state index in [1.165, 1.54) is 12.8 Å². The van der Waals surface area contributed by atoms with E-state index in [-0.39, 0.29) is 0 Å². The number of hydrogen-bond acceptors (Lipinski definition) is 3. The predicted molar refractivity (Wildman–Crippen MR) is 53.9 cm³/mol. The van der Waals surface area contributed by atoms with Gasteiger partial charge in [0, 0.05) is 20.1 Å². The third kappa shape index (κ3) is 1.26. The van der Waals surface area contributed by atoms with Crippen molar-refractivity contribution in [1.82, 2.24) is 9.55 Å². The maximum atomic E-state index is 5.93. The summed E-state index contributed by atoms with van der Waals surface area (Å²) < 4.78 is 2.11. The molecule has 0 saturated heterocycles. The van der Waals surface area contributed by atoms with Crippen LogP contribution in [0.4, 0.5) is 11.8 Å². The van der Waals surface area contributed by atoms with E-state index < -0.39 is 0 Å². The van der Waals surface area contributed by atoms with Crippen LogP contribution in [0.15, 0.2) is 0 Å². The lowest BCUT2D eigenvalue weighted by atomic mass is 10.3. The van der Waals surface area contributed by atoms with Gasteiger partial charge in [-0.15, -0.1) is 0 Å². The molecular formula is C9H16N4. The molecule has 0 amide bonds. The van der Waals surface area contributed by atoms with Crippen molar-refractivity contribution < 1.29 is 0 Å². The Balaban J connectivity index is 2.47. The quantitative estimate of drug-likeness (QED) is 0.648. The zero-order chi connectivity index (χ0) is 9.42. The number of anilines is 2. The summed E-state index contributed by atoms with van der Waals surface area (Å²) in [4.78, 5) is 6.63. The van der Waals surface area contributed by atoms with Gasteiger partial charge >= 0.3 is 0 Å². The number of nitrogen functional groups attached to an aromatic ring is 1. The molecular weight excluding hydrogens is 164 g/mol. The number of nitrogens with two attached hydrogens (primary N) is 1. The van der Waals surface area contributed by atoms with Crippen molar-refractivity contribution in [3.05, 3.63) is 5.69 Å². The molecule has 0 atom stereocenters. The average molecular weight is 180 g/mol. The molecule has 1 aliphatic rings. The lowest BCUT2D eigenvalue weighted by molar-refractivity contribution is 0.660. The van der Waals surface area contributed by atoms with Crippen molar-refractivity contribution in [1.29, 1.82) is 0 Å². The SMILES string of the molecule is Cc1nc2n(c1N)CCCCN2C. The number of hydrogen-bond donors (Lipinski definition) is 1. The Kier molecular flexibility index (Phi) is 1.90. The summed E-state index contributed by atoms with van der Waals surface area (Å²) in [6.45, 7) is 4.05. The summed E-state index contributed by atoms with van der Waals surface area (Å²) in [6, 6.07) is 0. The van der Waals surface area contributed by atoms with Crippen LogP contribution in [0.3, 0.4) is 0 Å². The lowest BCUT2D eigenvalue weighted by Crippen LogP contribution is -2.19. The molecule has 0 saturated carbocycles. The molecule has 72 valence electrons. The third-order valence-corrected chi connectivity index (χ3v) is 2.64. The number of aryl methyl sites for hydroxylation is 1. The van der Waals surface area contributed by atoms with Crippen LogP contribution < -0.4 is 10.6 Å². The number of imidazole rings is 1. The van der Waals surface area contributed by atoms with Crippen LogP contribution >= 0.6 is 0 Å². The van der Waals surface area contributed by atoms with Gasteiger partial charge in [-0.05, 0) is 19.8 Å². The van der Waals surface area contributed by atoms with Crippen molar-refractivity contribution in [3.63, 3.8) is 0 Å². The first-order valence-electron chi connectivity index (χ1n) is 4.74. The van der Waals surface area contributed by atoms with E-state index in [1.807, 2.05) is 6.92 Å². The van der Waals surface area contributed by atoms with Gasteiger partial charge in [-0.25, -0.2) is 4.98 Å². The first-order valence-corrected chi connectivity index (χ1v) is 4.74. The van der Waals surface area contributed by atoms with Crippen LogP contribution in [0.1, 0.15) is 18.5 Å². The normalized spacial score (nSPS) is 16.9. The summed E-state index contributed by atoms with van der Waals surface area (Å²) >= 11 is 0. The Morgan fingerprint density at radius 1 is 1.31 bits per heavy atom. The number of aromatic nitrogens is 2. The highest BCUT2D eigenvalue weighted by Crippen LogP contribution is 2.23. The lowest BCUT2D eigenvalue weighted by Gasteiger charge is -2.15. The van der Waals surface area contributed by atoms with Gasteiger partial charge in [0.25, 0.3) is 0 Å². The Morgan fingerprint density at radius 3 is 2.77 bits per heavy atom. The summed E-state index contributed by atoms with van der Waals surface area (Å²) in [5, 5.41) is 0. The predicted octanol–water partition coefficient (Wildman–Crippen LogP) is 1.00. The minimum atomic E-state index is 0.823. The molecule has 4 heteroatoms. The maximum absolute atomic E-state index is 5.93. The molecule has 0 unspecified atom stereocenters. The van der Waals surface area contributed by atoms with Crippen molar-refractivity contribution in [2.75, 3.05) is 24.2 Å². The minimum Gasteiger partial charge on any atom is -0.384 e. The Labute approximate surface area is 78.4 Å². The van der Waals surface area contributed by atoms with Gasteiger partial charge in [0.05, 0.1) is 5.69 Å². The van der Waals surface area contributed by atoms with Gasteiger partial charge in [0.1, 0.15) is 5.82 Å². The first kappa shape index (κ1) is 8.41. The average Bonchev–Trinajstić information content (AvgIpc) is 2.30. The molecule has 0 fully saturated rings. The van der Waals surface area contributed by atoms with Crippen molar-refractivity contribution in [2.45, 2.75) is 26.3 Å². The van der Waals surface area contributed by atoms with Crippen LogP contribution in [-0.4, -0.2) is 23.1 Å². The Morgan fingerprint density at radius 2 is 2.00 bits per heavy atom. The van der Waals surface area contributed by atoms with Crippen molar-refractivity contribution >= 4 is 11.8 Å². The second-order valence-electron chi connectivity index (χ2n) is 3.66. The van der Waals surface area contributed by atoms with E-state index in [0.29, 0.717) is 0 Å². The number of nitrogens with zero attached hydrogens (tertiary/aromatic N) is 3. The minimum absolute atomic E-state index is 0.823. The highest BCUT2D eigenvalue weighted by molar-refractivity contribution is 5.47. The Bertz CT molecular complexity index is 316. The van der Waals surface area contributed by atoms with Gasteiger partial charge in [-0.1, -0.05) is 0 Å². The molecule has 13 heavy (non-hydrogen) atoms. The van der Waals surface area contributed by atoms with E-state index in [4.69, 9.17) is 5.73 Å². The Hall–Kier alpha value is -1.19. The standard InChI is InChI=1S/C9H16N4/c1-7-8(10)13-6-4-3-5-12(2)9(13)11-7/h3-6,10H2,1-2H3. The van der Waals surface area contributed by atoms with Crippen molar-refractivity contribution in [2.24, 2.45) is 0 Å². The highest BCUT2D eigenvalue weighted by atomic mass is 15.3. The molecule has 0 radical (unpaired) electrons. The van der Waals surface area contributed by atoms with E-state index in [0.717, 1.165) is 30.5 Å². The number of fused-ring (bicyclic) bond motifs is 1. The topological polar surface area (TPSA) is 47.1 Å². The largest absolute Gasteiger partial charge is 0.384 e. The zero-order valence-electron chi connectivity index (χ0n) is 8.25. The summed E-state index contributed by atoms with van der Waals surface area (Å²) in [5.74, 6) is 1.84. The van der Waals surface area contributed by atoms with E-state index in [1.54, 1.807) is 0 Å². The van der Waals surface area contributed by atoms with Crippen LogP contribution in [-0.2, 0) is 6.54 Å². The van der Waals surface area contributed by atoms with Crippen LogP contribution in [0.25, 0.3) is 0 Å². The van der Waals surface area contributed by atoms with Gasteiger partial charge in [0.2, 0.25) is 5.95 Å². The maximum Gasteiger partial charge on any atom is 0.207 e. The fourth-order valence-electron chi connectivity index (χ4n) is 1.80. The monoisotopic (exact) mass is 180 g/mol. The second kappa shape index (κ2) is 2.94. The fraction of sp³-hybridized carbons (Fsp3) is 0.667. The molecule has 1 aromatic heterocycles. The van der Waals surface area contributed by atoms with Crippen LogP contribution in [0.5, 0.6) is 0 Å². The summed E-state index contributed by atoms with van der Waals surface area (Å²) in [5.41, 5.74) is 6.88. The molecule has 2 rings (SSSR count). The van der Waals surface area contributed by atoms with Gasteiger partial charge in [-0.3, -0.25) is 4.57 Å². The van der Waals surface area contributed by atoms with Gasteiger partial charge < -0.3 is 10.6 Å². The fourth-order valence-corrected chi connectivity index (χ4v) is 1.80. The first-order chi connectivity index (χ1) is 6.20. The smallest absolute Gasteiger partial charge is 0.207 e. The molecule has 0 spiro atoms. The van der Waals surface area contributed by atoms with Crippen LogP contribution in [0, 0.1) is 6.92 Å². The van der Waals surface area contributed by atoms with Gasteiger partial charge in [0.15, 0.2) is 0 Å². The van der Waals surface area contributed by atoms with E-state index >= 15 is 0 Å². The zero-order valence-corrected chi connectivity index (χ0v) is 8.25. The van der Waals surface area contributed by atoms with Crippen molar-refractivity contribution in [3.8, 4) is 0 Å². The third-order valence-electron chi connectivity index (χ3n) is 2.64. The summed E-state index contributed by atoms with van der Waals surface area (Å²) in [7, 11) is 2.07. The molecule has 0 bridgehead atoms. The van der Waals surface area contributed by atoms with Gasteiger partial charge in [-0.2, -0.15) is 0 Å². The van der Waals surface area contributed by atoms with E-state index in [2.05, 4.69) is 21.5 Å². The molecule has 2 heterocycles. The summed E-state index contributed by atoms with van der Waals surface area (Å²) in [6.07, 6.45) is 2.41. The highest BCUT2D eigenvalue weighted by Gasteiger charge is 2.17. The second-order valence-corrected chi connectivity index (χ2v) is 3.66. The van der Waals surface area contributed by atoms with Crippen LogP contribution in [0.2, 0.25) is 0 Å². The molecule has 1 aromatic rings. The molecule has 0 aromatic carbocycles. The molecule has 0 aliphatic carbocycles. The number of rotatable bonds is 0. The van der Waals surface area contributed by atoms with E-state index in [9.17, 15) is 0 Å².